The summed E-state index contributed by atoms with van der Waals surface area (Å²) in [5.41, 5.74) is 1.86. The van der Waals surface area contributed by atoms with Gasteiger partial charge in [-0.2, -0.15) is 0 Å². The van der Waals surface area contributed by atoms with Gasteiger partial charge in [0.1, 0.15) is 0 Å². The Morgan fingerprint density at radius 2 is 2.05 bits per heavy atom. The van der Waals surface area contributed by atoms with Crippen molar-refractivity contribution in [3.8, 4) is 11.3 Å². The Balaban J connectivity index is 1.74. The van der Waals surface area contributed by atoms with Crippen molar-refractivity contribution in [1.82, 2.24) is 4.98 Å². The minimum absolute atomic E-state index is 0.243. The highest BCUT2D eigenvalue weighted by Gasteiger charge is 2.13. The van der Waals surface area contributed by atoms with Crippen molar-refractivity contribution in [1.29, 1.82) is 0 Å². The van der Waals surface area contributed by atoms with Crippen molar-refractivity contribution in [2.24, 2.45) is 0 Å². The maximum Gasteiger partial charge on any atom is 0.293 e. The van der Waals surface area contributed by atoms with Crippen LogP contribution in [0.25, 0.3) is 11.3 Å². The van der Waals surface area contributed by atoms with Gasteiger partial charge in [-0.05, 0) is 46.5 Å². The number of anilines is 1. The number of aromatic nitrogens is 1. The molecule has 1 N–H and O–H groups in total. The second-order valence-electron chi connectivity index (χ2n) is 4.32. The van der Waals surface area contributed by atoms with Crippen LogP contribution in [0, 0.1) is 0 Å². The lowest BCUT2D eigenvalue weighted by atomic mass is 10.2. The Labute approximate surface area is 144 Å². The molecule has 3 aromatic rings. The molecule has 0 bridgehead atoms. The summed E-state index contributed by atoms with van der Waals surface area (Å²) < 4.78 is 5.73. The normalized spacial score (nSPS) is 10.6. The molecule has 0 atom stereocenters. The molecular formula is C15H11BrN2O2S2. The van der Waals surface area contributed by atoms with Crippen LogP contribution >= 0.6 is 39.0 Å². The second kappa shape index (κ2) is 6.68. The van der Waals surface area contributed by atoms with Crippen molar-refractivity contribution in [3.05, 3.63) is 52.2 Å². The predicted molar refractivity (Wildman–Crippen MR) is 93.7 cm³/mol. The largest absolute Gasteiger partial charge is 0.444 e. The molecule has 0 radical (unpaired) electrons. The lowest BCUT2D eigenvalue weighted by Gasteiger charge is -1.99. The van der Waals surface area contributed by atoms with E-state index in [1.165, 1.54) is 16.2 Å². The molecule has 0 unspecified atom stereocenters. The Morgan fingerprint density at radius 3 is 2.68 bits per heavy atom. The summed E-state index contributed by atoms with van der Waals surface area (Å²) in [6.45, 7) is 0. The Kier molecular flexibility index (Phi) is 4.66. The number of nitrogens with zero attached hydrogens (tertiary/aromatic N) is 1. The van der Waals surface area contributed by atoms with Crippen molar-refractivity contribution in [3.63, 3.8) is 0 Å². The fourth-order valence-corrected chi connectivity index (χ4v) is 3.25. The summed E-state index contributed by atoms with van der Waals surface area (Å²) in [6.07, 6.45) is 2.04. The van der Waals surface area contributed by atoms with Gasteiger partial charge in [0.05, 0.1) is 5.69 Å². The molecule has 0 saturated heterocycles. The number of hydrogen-bond donors (Lipinski definition) is 1. The maximum absolute atomic E-state index is 12.0. The molecule has 1 aromatic carbocycles. The van der Waals surface area contributed by atoms with E-state index in [1.807, 2.05) is 23.8 Å². The lowest BCUT2D eigenvalue weighted by Crippen LogP contribution is -2.10. The summed E-state index contributed by atoms with van der Waals surface area (Å²) in [4.78, 5) is 17.6. The fraction of sp³-hybridized carbons (Fsp3) is 0.0667. The number of amides is 1. The average molecular weight is 395 g/mol. The Morgan fingerprint density at radius 1 is 1.27 bits per heavy atom. The molecule has 0 fully saturated rings. The van der Waals surface area contributed by atoms with Crippen LogP contribution in [0.5, 0.6) is 0 Å². The number of nitrogens with one attached hydrogen (secondary N) is 1. The van der Waals surface area contributed by atoms with E-state index < -0.39 is 0 Å². The standard InChI is InChI=1S/C15H11BrN2O2S2/c1-21-10-4-2-9(3-5-10)11-8-22-15(17-11)18-14(19)12-6-7-13(16)20-12/h2-8H,1H3,(H,17,18,19). The summed E-state index contributed by atoms with van der Waals surface area (Å²) in [5.74, 6) is -0.0720. The zero-order chi connectivity index (χ0) is 15.5. The lowest BCUT2D eigenvalue weighted by molar-refractivity contribution is 0.0995. The van der Waals surface area contributed by atoms with E-state index in [0.29, 0.717) is 9.80 Å². The topological polar surface area (TPSA) is 55.1 Å². The number of hydrogen-bond acceptors (Lipinski definition) is 5. The molecular weight excluding hydrogens is 384 g/mol. The second-order valence-corrected chi connectivity index (χ2v) is 6.84. The number of carbonyl (C=O) groups excluding carboxylic acids is 1. The van der Waals surface area contributed by atoms with Gasteiger partial charge >= 0.3 is 0 Å². The van der Waals surface area contributed by atoms with Crippen LogP contribution in [0.3, 0.4) is 0 Å². The highest BCUT2D eigenvalue weighted by Crippen LogP contribution is 2.27. The molecule has 0 spiro atoms. The first kappa shape index (κ1) is 15.3. The van der Waals surface area contributed by atoms with E-state index in [-0.39, 0.29) is 11.7 Å². The first-order chi connectivity index (χ1) is 10.7. The van der Waals surface area contributed by atoms with Crippen LogP contribution in [0.2, 0.25) is 0 Å². The quantitative estimate of drug-likeness (QED) is 0.622. The van der Waals surface area contributed by atoms with Crippen molar-refractivity contribution in [2.75, 3.05) is 11.6 Å². The van der Waals surface area contributed by atoms with E-state index >= 15 is 0 Å². The number of thiazole rings is 1. The first-order valence-electron chi connectivity index (χ1n) is 6.32. The molecule has 22 heavy (non-hydrogen) atoms. The summed E-state index contributed by atoms with van der Waals surface area (Å²) >= 11 is 6.25. The smallest absolute Gasteiger partial charge is 0.293 e. The van der Waals surface area contributed by atoms with E-state index in [4.69, 9.17) is 4.42 Å². The monoisotopic (exact) mass is 394 g/mol. The van der Waals surface area contributed by atoms with Crippen molar-refractivity contribution < 1.29 is 9.21 Å². The van der Waals surface area contributed by atoms with E-state index in [0.717, 1.165) is 11.3 Å². The van der Waals surface area contributed by atoms with Crippen molar-refractivity contribution >= 4 is 50.1 Å². The minimum atomic E-state index is -0.315. The van der Waals surface area contributed by atoms with Gasteiger partial charge in [0.15, 0.2) is 15.6 Å². The zero-order valence-electron chi connectivity index (χ0n) is 11.5. The average Bonchev–Trinajstić information content (AvgIpc) is 3.16. The minimum Gasteiger partial charge on any atom is -0.444 e. The van der Waals surface area contributed by atoms with Gasteiger partial charge in [0, 0.05) is 15.8 Å². The van der Waals surface area contributed by atoms with E-state index in [2.05, 4.69) is 38.4 Å². The molecule has 0 aliphatic rings. The van der Waals surface area contributed by atoms with Gasteiger partial charge in [-0.25, -0.2) is 4.98 Å². The highest BCUT2D eigenvalue weighted by atomic mass is 79.9. The molecule has 0 aliphatic carbocycles. The molecule has 7 heteroatoms. The summed E-state index contributed by atoms with van der Waals surface area (Å²) in [5, 5.41) is 5.20. The number of furan rings is 1. The summed E-state index contributed by atoms with van der Waals surface area (Å²) in [6, 6.07) is 11.4. The third-order valence-corrected chi connectivity index (χ3v) is 4.83. The zero-order valence-corrected chi connectivity index (χ0v) is 14.7. The van der Waals surface area contributed by atoms with Gasteiger partial charge < -0.3 is 4.42 Å². The third kappa shape index (κ3) is 3.43. The number of thioether (sulfide) groups is 1. The van der Waals surface area contributed by atoms with Crippen molar-refractivity contribution in [2.45, 2.75) is 4.90 Å². The molecule has 0 saturated carbocycles. The number of rotatable bonds is 4. The van der Waals surface area contributed by atoms with Crippen LogP contribution in [0.4, 0.5) is 5.13 Å². The van der Waals surface area contributed by atoms with E-state index in [9.17, 15) is 4.79 Å². The van der Waals surface area contributed by atoms with Gasteiger partial charge in [-0.1, -0.05) is 12.1 Å². The molecule has 3 rings (SSSR count). The number of benzene rings is 1. The molecule has 112 valence electrons. The van der Waals surface area contributed by atoms with Crippen LogP contribution in [-0.4, -0.2) is 17.1 Å². The highest BCUT2D eigenvalue weighted by molar-refractivity contribution is 9.10. The number of halogens is 1. The van der Waals surface area contributed by atoms with E-state index in [1.54, 1.807) is 23.9 Å². The van der Waals surface area contributed by atoms with Gasteiger partial charge in [0.2, 0.25) is 0 Å². The SMILES string of the molecule is CSc1ccc(-c2csc(NC(=O)c3ccc(Br)o3)n2)cc1. The fourth-order valence-electron chi connectivity index (χ4n) is 1.82. The third-order valence-electron chi connectivity index (χ3n) is 2.91. The molecule has 1 amide bonds. The Bertz CT molecular complexity index is 796. The molecule has 2 aromatic heterocycles. The number of carbonyl (C=O) groups is 1. The molecule has 0 aliphatic heterocycles. The van der Waals surface area contributed by atoms with Gasteiger partial charge in [-0.15, -0.1) is 23.1 Å². The predicted octanol–water partition coefficient (Wildman–Crippen LogP) is 5.14. The maximum atomic E-state index is 12.0. The van der Waals surface area contributed by atoms with Gasteiger partial charge in [0.25, 0.3) is 5.91 Å². The van der Waals surface area contributed by atoms with Gasteiger partial charge in [-0.3, -0.25) is 10.1 Å². The van der Waals surface area contributed by atoms with Crippen LogP contribution in [0.1, 0.15) is 10.6 Å². The molecule has 2 heterocycles. The Hall–Kier alpha value is -1.57. The summed E-state index contributed by atoms with van der Waals surface area (Å²) in [7, 11) is 0. The molecule has 4 nitrogen and oxygen atoms in total. The van der Waals surface area contributed by atoms with Crippen LogP contribution in [-0.2, 0) is 0 Å². The first-order valence-corrected chi connectivity index (χ1v) is 9.22. The van der Waals surface area contributed by atoms with Crippen LogP contribution in [0.15, 0.2) is 55.8 Å². The van der Waals surface area contributed by atoms with Crippen LogP contribution < -0.4 is 5.32 Å².